The van der Waals surface area contributed by atoms with E-state index in [2.05, 4.69) is 10.3 Å². The van der Waals surface area contributed by atoms with Crippen LogP contribution in [0.4, 0.5) is 5.82 Å². The van der Waals surface area contributed by atoms with Gasteiger partial charge >= 0.3 is 0 Å². The Morgan fingerprint density at radius 2 is 2.06 bits per heavy atom. The number of anilines is 1. The molecule has 0 aliphatic heterocycles. The topological polar surface area (TPSA) is 71.5 Å². The molecule has 6 nitrogen and oxygen atoms in total. The minimum absolute atomic E-state index is 0.105. The smallest absolute Gasteiger partial charge is 0.244 e. The van der Waals surface area contributed by atoms with Crippen molar-refractivity contribution in [3.63, 3.8) is 0 Å². The maximum absolute atomic E-state index is 11.8. The Bertz CT molecular complexity index is 471. The molecule has 0 fully saturated rings. The number of methoxy groups -OCH3 is 1. The zero-order valence-electron chi connectivity index (χ0n) is 9.68. The molecule has 0 amide bonds. The van der Waals surface area contributed by atoms with Crippen LogP contribution in [-0.4, -0.2) is 46.0 Å². The lowest BCUT2D eigenvalue weighted by atomic mass is 10.4. The van der Waals surface area contributed by atoms with Crippen LogP contribution in [0.3, 0.4) is 0 Å². The number of pyridine rings is 1. The summed E-state index contributed by atoms with van der Waals surface area (Å²) in [6.07, 6.45) is 1.30. The molecule has 1 aromatic rings. The second-order valence-corrected chi connectivity index (χ2v) is 5.41. The Labute approximate surface area is 95.3 Å². The normalized spacial score (nSPS) is 11.6. The van der Waals surface area contributed by atoms with Crippen LogP contribution in [-0.2, 0) is 10.0 Å². The molecule has 1 heterocycles. The van der Waals surface area contributed by atoms with E-state index in [-0.39, 0.29) is 4.90 Å². The molecular formula is C9H15N3O3S. The van der Waals surface area contributed by atoms with E-state index in [4.69, 9.17) is 4.74 Å². The standard InChI is InChI=1S/C9H15N3O3S/c1-10-9-8(15-4)5-7(6-11-9)16(13,14)12(2)3/h5-6H,1-4H3,(H,10,11). The van der Waals surface area contributed by atoms with Crippen LogP contribution in [0.1, 0.15) is 0 Å². The van der Waals surface area contributed by atoms with E-state index in [0.29, 0.717) is 11.6 Å². The number of rotatable bonds is 4. The predicted molar refractivity (Wildman–Crippen MR) is 61.2 cm³/mol. The number of hydrogen-bond donors (Lipinski definition) is 1. The Kier molecular flexibility index (Phi) is 3.71. The van der Waals surface area contributed by atoms with E-state index < -0.39 is 10.0 Å². The van der Waals surface area contributed by atoms with Crippen molar-refractivity contribution in [3.05, 3.63) is 12.3 Å². The molecular weight excluding hydrogens is 230 g/mol. The lowest BCUT2D eigenvalue weighted by molar-refractivity contribution is 0.413. The van der Waals surface area contributed by atoms with Gasteiger partial charge in [-0.1, -0.05) is 0 Å². The third-order valence-corrected chi connectivity index (χ3v) is 3.84. The first kappa shape index (κ1) is 12.7. The van der Waals surface area contributed by atoms with Gasteiger partial charge in [-0.05, 0) is 0 Å². The van der Waals surface area contributed by atoms with E-state index >= 15 is 0 Å². The summed E-state index contributed by atoms with van der Waals surface area (Å²) in [4.78, 5) is 4.08. The third kappa shape index (κ3) is 2.25. The minimum Gasteiger partial charge on any atom is -0.493 e. The van der Waals surface area contributed by atoms with Crippen LogP contribution >= 0.6 is 0 Å². The molecule has 1 rings (SSSR count). The van der Waals surface area contributed by atoms with Crippen molar-refractivity contribution >= 4 is 15.8 Å². The molecule has 0 saturated heterocycles. The Hall–Kier alpha value is -1.34. The molecule has 90 valence electrons. The first-order valence-electron chi connectivity index (χ1n) is 4.57. The summed E-state index contributed by atoms with van der Waals surface area (Å²) in [5.74, 6) is 0.894. The van der Waals surface area contributed by atoms with E-state index in [9.17, 15) is 8.42 Å². The van der Waals surface area contributed by atoms with Crippen molar-refractivity contribution in [1.29, 1.82) is 0 Å². The molecule has 0 bridgehead atoms. The molecule has 7 heteroatoms. The van der Waals surface area contributed by atoms with Gasteiger partial charge in [0.2, 0.25) is 10.0 Å². The van der Waals surface area contributed by atoms with Crippen LogP contribution in [0.15, 0.2) is 17.2 Å². The maximum Gasteiger partial charge on any atom is 0.244 e. The van der Waals surface area contributed by atoms with Crippen LogP contribution in [0.5, 0.6) is 5.75 Å². The van der Waals surface area contributed by atoms with Gasteiger partial charge in [-0.3, -0.25) is 0 Å². The molecule has 0 saturated carbocycles. The van der Waals surface area contributed by atoms with E-state index in [1.54, 1.807) is 7.05 Å². The van der Waals surface area contributed by atoms with Crippen molar-refractivity contribution in [2.45, 2.75) is 4.90 Å². The fraction of sp³-hybridized carbons (Fsp3) is 0.444. The number of ether oxygens (including phenoxy) is 1. The highest BCUT2D eigenvalue weighted by atomic mass is 32.2. The quantitative estimate of drug-likeness (QED) is 0.830. The molecule has 1 N–H and O–H groups in total. The highest BCUT2D eigenvalue weighted by molar-refractivity contribution is 7.89. The summed E-state index contributed by atoms with van der Waals surface area (Å²) in [7, 11) is 2.61. The number of nitrogens with one attached hydrogen (secondary N) is 1. The Morgan fingerprint density at radius 1 is 1.44 bits per heavy atom. The number of hydrogen-bond acceptors (Lipinski definition) is 5. The van der Waals surface area contributed by atoms with Crippen molar-refractivity contribution in [2.75, 3.05) is 33.6 Å². The summed E-state index contributed by atoms with van der Waals surface area (Å²) in [5.41, 5.74) is 0. The number of aromatic nitrogens is 1. The first-order chi connectivity index (χ1) is 7.43. The van der Waals surface area contributed by atoms with Gasteiger partial charge in [-0.25, -0.2) is 17.7 Å². The third-order valence-electron chi connectivity index (χ3n) is 2.06. The Morgan fingerprint density at radius 3 is 2.50 bits per heavy atom. The summed E-state index contributed by atoms with van der Waals surface area (Å²) in [5, 5.41) is 2.81. The SMILES string of the molecule is CNc1ncc(S(=O)(=O)N(C)C)cc1OC. The second kappa shape index (κ2) is 4.67. The molecule has 16 heavy (non-hydrogen) atoms. The zero-order valence-corrected chi connectivity index (χ0v) is 10.5. The molecule has 0 atom stereocenters. The molecule has 0 aromatic carbocycles. The van der Waals surface area contributed by atoms with Gasteiger partial charge in [0, 0.05) is 33.4 Å². The molecule has 0 spiro atoms. The zero-order chi connectivity index (χ0) is 12.3. The summed E-state index contributed by atoms with van der Waals surface area (Å²) in [6.45, 7) is 0. The molecule has 0 unspecified atom stereocenters. The average molecular weight is 245 g/mol. The summed E-state index contributed by atoms with van der Waals surface area (Å²) >= 11 is 0. The first-order valence-corrected chi connectivity index (χ1v) is 6.01. The van der Waals surface area contributed by atoms with Gasteiger partial charge in [0.15, 0.2) is 11.6 Å². The van der Waals surface area contributed by atoms with Crippen molar-refractivity contribution in [2.24, 2.45) is 0 Å². The van der Waals surface area contributed by atoms with Crippen molar-refractivity contribution in [1.82, 2.24) is 9.29 Å². The molecule has 1 aromatic heterocycles. The molecule has 0 radical (unpaired) electrons. The van der Waals surface area contributed by atoms with Gasteiger partial charge in [0.05, 0.1) is 7.11 Å². The highest BCUT2D eigenvalue weighted by Gasteiger charge is 2.19. The number of sulfonamides is 1. The maximum atomic E-state index is 11.8. The van der Waals surface area contributed by atoms with Crippen molar-refractivity contribution in [3.8, 4) is 5.75 Å². The van der Waals surface area contributed by atoms with Gasteiger partial charge in [0.1, 0.15) is 4.90 Å². The van der Waals surface area contributed by atoms with Gasteiger partial charge in [0.25, 0.3) is 0 Å². The second-order valence-electron chi connectivity index (χ2n) is 3.26. The summed E-state index contributed by atoms with van der Waals surface area (Å²) in [6, 6.07) is 1.44. The summed E-state index contributed by atoms with van der Waals surface area (Å²) < 4.78 is 29.8. The lowest BCUT2D eigenvalue weighted by Crippen LogP contribution is -2.22. The van der Waals surface area contributed by atoms with Crippen LogP contribution in [0.2, 0.25) is 0 Å². The fourth-order valence-electron chi connectivity index (χ4n) is 1.12. The van der Waals surface area contributed by atoms with Crippen LogP contribution < -0.4 is 10.1 Å². The lowest BCUT2D eigenvalue weighted by Gasteiger charge is -2.13. The average Bonchev–Trinajstić information content (AvgIpc) is 2.27. The molecule has 0 aliphatic carbocycles. The minimum atomic E-state index is -3.47. The number of nitrogens with zero attached hydrogens (tertiary/aromatic N) is 2. The predicted octanol–water partition coefficient (Wildman–Crippen LogP) is 0.382. The van der Waals surface area contributed by atoms with E-state index in [1.165, 1.54) is 33.5 Å². The van der Waals surface area contributed by atoms with Crippen LogP contribution in [0, 0.1) is 0 Å². The monoisotopic (exact) mass is 245 g/mol. The van der Waals surface area contributed by atoms with E-state index in [0.717, 1.165) is 4.31 Å². The molecule has 0 aliphatic rings. The van der Waals surface area contributed by atoms with Crippen molar-refractivity contribution < 1.29 is 13.2 Å². The highest BCUT2D eigenvalue weighted by Crippen LogP contribution is 2.25. The Balaban J connectivity index is 3.29. The van der Waals surface area contributed by atoms with Crippen LogP contribution in [0.25, 0.3) is 0 Å². The van der Waals surface area contributed by atoms with Gasteiger partial charge < -0.3 is 10.1 Å². The fourth-order valence-corrected chi connectivity index (χ4v) is 1.99. The van der Waals surface area contributed by atoms with Gasteiger partial charge in [-0.2, -0.15) is 0 Å². The largest absolute Gasteiger partial charge is 0.493 e. The van der Waals surface area contributed by atoms with Gasteiger partial charge in [-0.15, -0.1) is 0 Å². The van der Waals surface area contributed by atoms with E-state index in [1.807, 2.05) is 0 Å².